The Hall–Kier alpha value is 0.370. The molecule has 3 heteroatoms. The molecule has 0 N–H and O–H groups in total. The molecule has 0 spiro atoms. The van der Waals surface area contributed by atoms with E-state index in [0.717, 1.165) is 25.7 Å². The van der Waals surface area contributed by atoms with Gasteiger partial charge in [-0.15, -0.1) is 0 Å². The third-order valence-corrected chi connectivity index (χ3v) is 5.82. The first-order valence-electron chi connectivity index (χ1n) is 5.13. The second-order valence-electron chi connectivity index (χ2n) is 4.36. The van der Waals surface area contributed by atoms with E-state index in [2.05, 4.69) is 44.0 Å². The van der Waals surface area contributed by atoms with Gasteiger partial charge in [0.15, 0.2) is 0 Å². The Balaban J connectivity index is 2.20. The monoisotopic (exact) mass is 320 g/mol. The van der Waals surface area contributed by atoms with Crippen molar-refractivity contribution in [3.63, 3.8) is 0 Å². The molecule has 2 aliphatic rings. The first kappa shape index (κ1) is 10.9. The summed E-state index contributed by atoms with van der Waals surface area (Å²) < 4.78 is 0. The van der Waals surface area contributed by atoms with Crippen molar-refractivity contribution in [1.29, 1.82) is 0 Å². The van der Waals surface area contributed by atoms with Gasteiger partial charge in [-0.1, -0.05) is 44.0 Å². The van der Waals surface area contributed by atoms with E-state index in [0.29, 0.717) is 27.3 Å². The third-order valence-electron chi connectivity index (χ3n) is 3.08. The van der Waals surface area contributed by atoms with Crippen LogP contribution in [0.4, 0.5) is 0 Å². The molecular weight excluding hydrogens is 308 g/mol. The van der Waals surface area contributed by atoms with Crippen molar-refractivity contribution >= 4 is 37.6 Å². The Kier molecular flexibility index (Phi) is 3.48. The normalized spacial score (nSPS) is 43.1. The highest BCUT2D eigenvalue weighted by atomic mass is 79.9. The zero-order valence-electron chi connectivity index (χ0n) is 7.96. The number of ketones is 1. The largest absolute Gasteiger partial charge is 0.300 e. The minimum absolute atomic E-state index is 0.436. The zero-order chi connectivity index (χ0) is 10.1. The molecule has 0 saturated carbocycles. The molecule has 0 radical (unpaired) electrons. The molecule has 0 aliphatic heterocycles. The predicted molar refractivity (Wildman–Crippen MR) is 65.0 cm³/mol. The SMILES string of the molecule is O=C1C[C@H]2C=C[C@@H](C1)CC(Br)C(Br)C2. The molecule has 2 rings (SSSR count). The first-order valence-corrected chi connectivity index (χ1v) is 6.96. The van der Waals surface area contributed by atoms with E-state index in [1.165, 1.54) is 0 Å². The minimum Gasteiger partial charge on any atom is -0.300 e. The summed E-state index contributed by atoms with van der Waals surface area (Å²) in [7, 11) is 0. The maximum atomic E-state index is 11.6. The van der Waals surface area contributed by atoms with Crippen LogP contribution in [0, 0.1) is 11.8 Å². The van der Waals surface area contributed by atoms with Crippen molar-refractivity contribution in [2.24, 2.45) is 11.8 Å². The van der Waals surface area contributed by atoms with E-state index in [9.17, 15) is 4.79 Å². The van der Waals surface area contributed by atoms with Crippen LogP contribution < -0.4 is 0 Å². The number of hydrogen-bond acceptors (Lipinski definition) is 1. The van der Waals surface area contributed by atoms with Gasteiger partial charge in [-0.2, -0.15) is 0 Å². The number of halogens is 2. The van der Waals surface area contributed by atoms with Gasteiger partial charge in [0.05, 0.1) is 0 Å². The van der Waals surface area contributed by atoms with Crippen LogP contribution in [0.3, 0.4) is 0 Å². The molecule has 0 fully saturated rings. The third kappa shape index (κ3) is 2.48. The molecule has 0 aromatic carbocycles. The van der Waals surface area contributed by atoms with Gasteiger partial charge in [-0.05, 0) is 24.7 Å². The van der Waals surface area contributed by atoms with Gasteiger partial charge in [0.1, 0.15) is 5.78 Å². The number of allylic oxidation sites excluding steroid dienone is 2. The summed E-state index contributed by atoms with van der Waals surface area (Å²) in [4.78, 5) is 12.6. The Labute approximate surface area is 102 Å². The summed E-state index contributed by atoms with van der Waals surface area (Å²) in [5.74, 6) is 1.35. The highest BCUT2D eigenvalue weighted by Gasteiger charge is 2.29. The highest BCUT2D eigenvalue weighted by molar-refractivity contribution is 9.12. The highest BCUT2D eigenvalue weighted by Crippen LogP contribution is 2.35. The van der Waals surface area contributed by atoms with E-state index < -0.39 is 0 Å². The molecule has 0 aromatic rings. The van der Waals surface area contributed by atoms with Crippen LogP contribution in [0.5, 0.6) is 0 Å². The van der Waals surface area contributed by atoms with E-state index in [1.54, 1.807) is 0 Å². The molecule has 78 valence electrons. The van der Waals surface area contributed by atoms with Crippen molar-refractivity contribution in [3.8, 4) is 0 Å². The van der Waals surface area contributed by atoms with Gasteiger partial charge in [0.2, 0.25) is 0 Å². The molecule has 0 heterocycles. The molecule has 4 atom stereocenters. The van der Waals surface area contributed by atoms with Gasteiger partial charge < -0.3 is 0 Å². The number of carbonyl (C=O) groups excluding carboxylic acids is 1. The van der Waals surface area contributed by atoms with Crippen molar-refractivity contribution in [3.05, 3.63) is 12.2 Å². The Morgan fingerprint density at radius 2 is 1.43 bits per heavy atom. The molecule has 0 saturated heterocycles. The van der Waals surface area contributed by atoms with Crippen LogP contribution in [0.15, 0.2) is 12.2 Å². The maximum absolute atomic E-state index is 11.6. The van der Waals surface area contributed by atoms with E-state index in [-0.39, 0.29) is 0 Å². The summed E-state index contributed by atoms with van der Waals surface area (Å²) in [6.45, 7) is 0. The molecule has 2 bridgehead atoms. The molecule has 0 aromatic heterocycles. The van der Waals surface area contributed by atoms with Crippen LogP contribution in [0.1, 0.15) is 25.7 Å². The summed E-state index contributed by atoms with van der Waals surface area (Å²) in [6, 6.07) is 0. The van der Waals surface area contributed by atoms with Crippen molar-refractivity contribution in [1.82, 2.24) is 0 Å². The summed E-state index contributed by atoms with van der Waals surface area (Å²) in [5.41, 5.74) is 0. The topological polar surface area (TPSA) is 17.1 Å². The Morgan fingerprint density at radius 1 is 1.00 bits per heavy atom. The average Bonchev–Trinajstić information content (AvgIpc) is 2.24. The van der Waals surface area contributed by atoms with Gasteiger partial charge in [-0.25, -0.2) is 0 Å². The fourth-order valence-corrected chi connectivity index (χ4v) is 3.71. The molecular formula is C11H14Br2O. The van der Waals surface area contributed by atoms with Crippen LogP contribution in [-0.4, -0.2) is 15.4 Å². The molecule has 2 aliphatic carbocycles. The second kappa shape index (κ2) is 4.48. The summed E-state index contributed by atoms with van der Waals surface area (Å²) >= 11 is 7.41. The predicted octanol–water partition coefficient (Wildman–Crippen LogP) is 3.46. The van der Waals surface area contributed by atoms with Crippen molar-refractivity contribution in [2.75, 3.05) is 0 Å². The zero-order valence-corrected chi connectivity index (χ0v) is 11.1. The van der Waals surface area contributed by atoms with Crippen LogP contribution in [-0.2, 0) is 4.79 Å². The van der Waals surface area contributed by atoms with E-state index >= 15 is 0 Å². The fraction of sp³-hybridized carbons (Fsp3) is 0.727. The molecule has 14 heavy (non-hydrogen) atoms. The molecule has 2 unspecified atom stereocenters. The standard InChI is InChI=1S/C11H14Br2O/c12-10-5-7-1-2-8(6-11(10)13)4-9(14)3-7/h1-2,7-8,10-11H,3-6H2/t7-,8+,10?,11?. The first-order chi connectivity index (χ1) is 6.65. The fourth-order valence-electron chi connectivity index (χ4n) is 2.32. The van der Waals surface area contributed by atoms with Crippen LogP contribution >= 0.6 is 31.9 Å². The second-order valence-corrected chi connectivity index (χ2v) is 6.71. The lowest BCUT2D eigenvalue weighted by Gasteiger charge is -2.23. The number of fused-ring (bicyclic) bond motifs is 2. The van der Waals surface area contributed by atoms with Crippen molar-refractivity contribution < 1.29 is 4.79 Å². The number of carbonyl (C=O) groups is 1. The van der Waals surface area contributed by atoms with E-state index in [1.807, 2.05) is 0 Å². The van der Waals surface area contributed by atoms with Crippen LogP contribution in [0.25, 0.3) is 0 Å². The van der Waals surface area contributed by atoms with E-state index in [4.69, 9.17) is 0 Å². The number of Topliss-reactive ketones (excluding diaryl/α,β-unsaturated/α-hetero) is 1. The Morgan fingerprint density at radius 3 is 1.86 bits per heavy atom. The molecule has 0 amide bonds. The van der Waals surface area contributed by atoms with Crippen LogP contribution in [0.2, 0.25) is 0 Å². The van der Waals surface area contributed by atoms with Gasteiger partial charge in [0.25, 0.3) is 0 Å². The lowest BCUT2D eigenvalue weighted by molar-refractivity contribution is -0.120. The number of alkyl halides is 2. The van der Waals surface area contributed by atoms with Gasteiger partial charge >= 0.3 is 0 Å². The lowest BCUT2D eigenvalue weighted by atomic mass is 9.93. The minimum atomic E-state index is 0.436. The van der Waals surface area contributed by atoms with Gasteiger partial charge in [-0.3, -0.25) is 4.79 Å². The maximum Gasteiger partial charge on any atom is 0.134 e. The number of rotatable bonds is 0. The average molecular weight is 322 g/mol. The number of hydrogen-bond donors (Lipinski definition) is 0. The van der Waals surface area contributed by atoms with Gasteiger partial charge in [0, 0.05) is 22.5 Å². The quantitative estimate of drug-likeness (QED) is 0.493. The summed E-state index contributed by atoms with van der Waals surface area (Å²) in [5, 5.41) is 0. The van der Waals surface area contributed by atoms with Crippen molar-refractivity contribution in [2.45, 2.75) is 35.3 Å². The smallest absolute Gasteiger partial charge is 0.134 e. The summed E-state index contributed by atoms with van der Waals surface area (Å²) in [6.07, 6.45) is 8.14. The molecule has 1 nitrogen and oxygen atoms in total. The Bertz CT molecular complexity index is 238. The lowest BCUT2D eigenvalue weighted by Crippen LogP contribution is -2.20.